The second-order valence-corrected chi connectivity index (χ2v) is 6.91. The van der Waals surface area contributed by atoms with Crippen molar-refractivity contribution in [2.45, 2.75) is 13.3 Å². The predicted octanol–water partition coefficient (Wildman–Crippen LogP) is 2.37. The van der Waals surface area contributed by atoms with Gasteiger partial charge in [0.2, 0.25) is 11.8 Å². The summed E-state index contributed by atoms with van der Waals surface area (Å²) in [5, 5.41) is 2.84. The van der Waals surface area contributed by atoms with E-state index in [2.05, 4.69) is 10.2 Å². The molecule has 1 saturated heterocycles. The first kappa shape index (κ1) is 20.8. The maximum absolute atomic E-state index is 13.0. The quantitative estimate of drug-likeness (QED) is 0.777. The Kier molecular flexibility index (Phi) is 7.19. The Morgan fingerprint density at radius 1 is 1.10 bits per heavy atom. The van der Waals surface area contributed by atoms with Gasteiger partial charge in [-0.1, -0.05) is 24.3 Å². The van der Waals surface area contributed by atoms with Crippen LogP contribution in [0.15, 0.2) is 48.5 Å². The van der Waals surface area contributed by atoms with Crippen LogP contribution in [0.4, 0.5) is 15.8 Å². The average Bonchev–Trinajstić information content (AvgIpc) is 2.73. The van der Waals surface area contributed by atoms with Crippen molar-refractivity contribution in [2.75, 3.05) is 49.2 Å². The van der Waals surface area contributed by atoms with Crippen LogP contribution in [-0.2, 0) is 20.7 Å². The molecule has 1 aliphatic heterocycles. The van der Waals surface area contributed by atoms with Crippen LogP contribution >= 0.6 is 0 Å². The maximum atomic E-state index is 13.0. The molecule has 29 heavy (non-hydrogen) atoms. The van der Waals surface area contributed by atoms with Crippen molar-refractivity contribution in [2.24, 2.45) is 0 Å². The number of carbonyl (C=O) groups is 2. The molecule has 1 aliphatic rings. The van der Waals surface area contributed by atoms with E-state index in [0.29, 0.717) is 26.3 Å². The first-order valence-electron chi connectivity index (χ1n) is 9.75. The van der Waals surface area contributed by atoms with Crippen molar-refractivity contribution in [1.29, 1.82) is 0 Å². The van der Waals surface area contributed by atoms with Crippen LogP contribution in [0, 0.1) is 5.82 Å². The number of morpholine rings is 1. The molecule has 1 fully saturated rings. The van der Waals surface area contributed by atoms with E-state index in [9.17, 15) is 14.0 Å². The Morgan fingerprint density at radius 2 is 1.79 bits per heavy atom. The number of para-hydroxylation sites is 2. The largest absolute Gasteiger partial charge is 0.378 e. The zero-order valence-corrected chi connectivity index (χ0v) is 16.6. The number of rotatable bonds is 7. The Labute approximate surface area is 170 Å². The first-order valence-corrected chi connectivity index (χ1v) is 9.75. The van der Waals surface area contributed by atoms with Gasteiger partial charge in [-0.2, -0.15) is 0 Å². The van der Waals surface area contributed by atoms with E-state index in [1.54, 1.807) is 17.0 Å². The van der Waals surface area contributed by atoms with Gasteiger partial charge in [0.05, 0.1) is 31.0 Å². The molecule has 0 atom stereocenters. The molecule has 6 nitrogen and oxygen atoms in total. The van der Waals surface area contributed by atoms with Gasteiger partial charge in [0.1, 0.15) is 5.82 Å². The highest BCUT2D eigenvalue weighted by Gasteiger charge is 2.20. The second-order valence-electron chi connectivity index (χ2n) is 6.91. The van der Waals surface area contributed by atoms with Crippen LogP contribution in [-0.4, -0.2) is 51.2 Å². The normalized spacial score (nSPS) is 13.8. The zero-order valence-electron chi connectivity index (χ0n) is 16.6. The van der Waals surface area contributed by atoms with E-state index < -0.39 is 0 Å². The average molecular weight is 399 g/mol. The molecule has 2 amide bonds. The van der Waals surface area contributed by atoms with Gasteiger partial charge < -0.3 is 19.9 Å². The molecule has 0 bridgehead atoms. The number of hydrogen-bond donors (Lipinski definition) is 1. The van der Waals surface area contributed by atoms with Crippen molar-refractivity contribution in [3.05, 3.63) is 59.9 Å². The summed E-state index contributed by atoms with van der Waals surface area (Å²) in [7, 11) is 0. The maximum Gasteiger partial charge on any atom is 0.224 e. The molecule has 0 saturated carbocycles. The van der Waals surface area contributed by atoms with Crippen LogP contribution < -0.4 is 15.1 Å². The van der Waals surface area contributed by atoms with E-state index in [0.717, 1.165) is 30.0 Å². The summed E-state index contributed by atoms with van der Waals surface area (Å²) in [6.45, 7) is 5.09. The lowest BCUT2D eigenvalue weighted by molar-refractivity contribution is -0.121. The number of nitrogens with zero attached hydrogens (tertiary/aromatic N) is 2. The molecule has 3 rings (SSSR count). The lowest BCUT2D eigenvalue weighted by Crippen LogP contribution is -2.41. The SMILES string of the molecule is CC(=O)N(CCNC(=O)Cc1ccc(F)cc1)c1ccccc1N1CCOCC1. The summed E-state index contributed by atoms with van der Waals surface area (Å²) in [6, 6.07) is 13.6. The van der Waals surface area contributed by atoms with Crippen molar-refractivity contribution in [3.63, 3.8) is 0 Å². The zero-order chi connectivity index (χ0) is 20.6. The van der Waals surface area contributed by atoms with Gasteiger partial charge in [0, 0.05) is 33.1 Å². The predicted molar refractivity (Wildman–Crippen MR) is 111 cm³/mol. The minimum atomic E-state index is -0.329. The minimum Gasteiger partial charge on any atom is -0.378 e. The number of hydrogen-bond acceptors (Lipinski definition) is 4. The molecular weight excluding hydrogens is 373 g/mol. The van der Waals surface area contributed by atoms with Gasteiger partial charge in [-0.05, 0) is 29.8 Å². The van der Waals surface area contributed by atoms with Gasteiger partial charge in [0.25, 0.3) is 0 Å². The van der Waals surface area contributed by atoms with Crippen molar-refractivity contribution in [3.8, 4) is 0 Å². The molecule has 0 aliphatic carbocycles. The fourth-order valence-electron chi connectivity index (χ4n) is 3.37. The van der Waals surface area contributed by atoms with Crippen LogP contribution in [0.1, 0.15) is 12.5 Å². The number of nitrogens with one attached hydrogen (secondary N) is 1. The topological polar surface area (TPSA) is 61.9 Å². The van der Waals surface area contributed by atoms with E-state index in [1.807, 2.05) is 24.3 Å². The van der Waals surface area contributed by atoms with Crippen LogP contribution in [0.25, 0.3) is 0 Å². The van der Waals surface area contributed by atoms with Gasteiger partial charge >= 0.3 is 0 Å². The van der Waals surface area contributed by atoms with E-state index >= 15 is 0 Å². The fourth-order valence-corrected chi connectivity index (χ4v) is 3.37. The summed E-state index contributed by atoms with van der Waals surface area (Å²) in [5.74, 6) is -0.578. The Bertz CT molecular complexity index is 835. The molecule has 0 aromatic heterocycles. The van der Waals surface area contributed by atoms with Crippen LogP contribution in [0.5, 0.6) is 0 Å². The molecule has 2 aromatic rings. The number of anilines is 2. The third kappa shape index (κ3) is 5.77. The van der Waals surface area contributed by atoms with E-state index in [-0.39, 0.29) is 24.1 Å². The van der Waals surface area contributed by atoms with Gasteiger partial charge in [-0.25, -0.2) is 4.39 Å². The molecule has 0 unspecified atom stereocenters. The monoisotopic (exact) mass is 399 g/mol. The number of carbonyl (C=O) groups excluding carboxylic acids is 2. The Balaban J connectivity index is 1.61. The van der Waals surface area contributed by atoms with Crippen molar-refractivity contribution >= 4 is 23.2 Å². The number of ether oxygens (including phenoxy) is 1. The van der Waals surface area contributed by atoms with Crippen LogP contribution in [0.3, 0.4) is 0 Å². The van der Waals surface area contributed by atoms with Crippen molar-refractivity contribution in [1.82, 2.24) is 5.32 Å². The molecule has 0 spiro atoms. The molecule has 2 aromatic carbocycles. The Hall–Kier alpha value is -2.93. The Morgan fingerprint density at radius 3 is 2.48 bits per heavy atom. The molecule has 0 radical (unpaired) electrons. The van der Waals surface area contributed by atoms with Gasteiger partial charge in [-0.3, -0.25) is 9.59 Å². The standard InChI is InChI=1S/C22H26FN3O3/c1-17(27)26(11-10-24-22(28)16-18-6-8-19(23)9-7-18)21-5-3-2-4-20(21)25-12-14-29-15-13-25/h2-9H,10-16H2,1H3,(H,24,28). The highest BCUT2D eigenvalue weighted by Crippen LogP contribution is 2.29. The summed E-state index contributed by atoms with van der Waals surface area (Å²) >= 11 is 0. The molecule has 154 valence electrons. The number of halogens is 1. The molecule has 1 heterocycles. The second kappa shape index (κ2) is 10.0. The summed E-state index contributed by atoms with van der Waals surface area (Å²) in [5.41, 5.74) is 2.56. The third-order valence-corrected chi connectivity index (χ3v) is 4.84. The van der Waals surface area contributed by atoms with Crippen molar-refractivity contribution < 1.29 is 18.7 Å². The van der Waals surface area contributed by atoms with Gasteiger partial charge in [-0.15, -0.1) is 0 Å². The lowest BCUT2D eigenvalue weighted by atomic mass is 10.1. The highest BCUT2D eigenvalue weighted by atomic mass is 19.1. The summed E-state index contributed by atoms with van der Waals surface area (Å²) < 4.78 is 18.4. The highest BCUT2D eigenvalue weighted by molar-refractivity contribution is 5.95. The smallest absolute Gasteiger partial charge is 0.224 e. The number of amides is 2. The molecular formula is C22H26FN3O3. The van der Waals surface area contributed by atoms with Gasteiger partial charge in [0.15, 0.2) is 0 Å². The molecule has 1 N–H and O–H groups in total. The summed E-state index contributed by atoms with van der Waals surface area (Å²) in [4.78, 5) is 28.4. The molecule has 7 heteroatoms. The fraction of sp³-hybridized carbons (Fsp3) is 0.364. The van der Waals surface area contributed by atoms with E-state index in [1.165, 1.54) is 19.1 Å². The first-order chi connectivity index (χ1) is 14.0. The number of benzene rings is 2. The van der Waals surface area contributed by atoms with Crippen LogP contribution in [0.2, 0.25) is 0 Å². The minimum absolute atomic E-state index is 0.0847. The van der Waals surface area contributed by atoms with E-state index in [4.69, 9.17) is 4.74 Å². The lowest BCUT2D eigenvalue weighted by Gasteiger charge is -2.33. The summed E-state index contributed by atoms with van der Waals surface area (Å²) in [6.07, 6.45) is 0.171. The third-order valence-electron chi connectivity index (χ3n) is 4.84.